The molecule has 0 saturated heterocycles. The van der Waals surface area contributed by atoms with Crippen molar-refractivity contribution in [2.75, 3.05) is 4.90 Å². The fraction of sp³-hybridized carbons (Fsp3) is 0. The minimum absolute atomic E-state index is 1.10. The zero-order chi connectivity index (χ0) is 20.3. The number of nitrogens with zero attached hydrogens (tertiary/aromatic N) is 1. The molecule has 2 heteroatoms. The second-order valence-corrected chi connectivity index (χ2v) is 8.05. The molecule has 0 aliphatic heterocycles. The smallest absolute Gasteiger partial charge is 0.0540 e. The average molecular weight is 450 g/mol. The Morgan fingerprint density at radius 3 is 1.93 bits per heavy atom. The van der Waals surface area contributed by atoms with Crippen molar-refractivity contribution in [3.63, 3.8) is 0 Å². The Bertz CT molecular complexity index is 1290. The molecule has 0 aliphatic carbocycles. The summed E-state index contributed by atoms with van der Waals surface area (Å²) in [5.41, 5.74) is 5.83. The van der Waals surface area contributed by atoms with Crippen molar-refractivity contribution in [2.24, 2.45) is 0 Å². The number of benzene rings is 5. The van der Waals surface area contributed by atoms with E-state index in [0.717, 1.165) is 15.8 Å². The molecule has 5 aromatic rings. The number of rotatable bonds is 4. The Balaban J connectivity index is 1.66. The topological polar surface area (TPSA) is 3.24 Å². The van der Waals surface area contributed by atoms with E-state index in [0.29, 0.717) is 0 Å². The lowest BCUT2D eigenvalue weighted by Gasteiger charge is -2.27. The summed E-state index contributed by atoms with van der Waals surface area (Å²) in [5, 5.41) is 2.47. The maximum atomic E-state index is 3.67. The van der Waals surface area contributed by atoms with Crippen LogP contribution in [0.3, 0.4) is 0 Å². The van der Waals surface area contributed by atoms with Crippen LogP contribution < -0.4 is 4.90 Å². The highest BCUT2D eigenvalue weighted by Crippen LogP contribution is 2.39. The number of para-hydroxylation sites is 1. The van der Waals surface area contributed by atoms with Gasteiger partial charge in [0.15, 0.2) is 0 Å². The Morgan fingerprint density at radius 2 is 1.13 bits per heavy atom. The highest BCUT2D eigenvalue weighted by Gasteiger charge is 2.15. The lowest BCUT2D eigenvalue weighted by Crippen LogP contribution is -2.10. The lowest BCUT2D eigenvalue weighted by atomic mass is 10.0. The maximum absolute atomic E-state index is 3.67. The van der Waals surface area contributed by atoms with Gasteiger partial charge in [0.25, 0.3) is 0 Å². The molecule has 0 saturated carbocycles. The van der Waals surface area contributed by atoms with Crippen LogP contribution in [0.15, 0.2) is 126 Å². The predicted octanol–water partition coefficient (Wildman–Crippen LogP) is 8.74. The van der Waals surface area contributed by atoms with E-state index in [1.54, 1.807) is 0 Å². The fourth-order valence-corrected chi connectivity index (χ4v) is 4.41. The van der Waals surface area contributed by atoms with Gasteiger partial charge in [-0.2, -0.15) is 0 Å². The number of hydrogen-bond donors (Lipinski definition) is 0. The average Bonchev–Trinajstić information content (AvgIpc) is 2.81. The van der Waals surface area contributed by atoms with E-state index in [2.05, 4.69) is 136 Å². The van der Waals surface area contributed by atoms with Gasteiger partial charge in [0, 0.05) is 21.2 Å². The molecule has 0 spiro atoms. The maximum Gasteiger partial charge on any atom is 0.0540 e. The molecule has 0 amide bonds. The number of fused-ring (bicyclic) bond motifs is 1. The van der Waals surface area contributed by atoms with Gasteiger partial charge in [-0.1, -0.05) is 101 Å². The Labute approximate surface area is 185 Å². The summed E-state index contributed by atoms with van der Waals surface area (Å²) in [7, 11) is 0. The summed E-state index contributed by atoms with van der Waals surface area (Å²) in [5.74, 6) is 0. The number of hydrogen-bond acceptors (Lipinski definition) is 1. The molecule has 1 nitrogen and oxygen atoms in total. The minimum atomic E-state index is 1.10. The summed E-state index contributed by atoms with van der Waals surface area (Å²) in [4.78, 5) is 2.33. The van der Waals surface area contributed by atoms with Crippen LogP contribution in [0.2, 0.25) is 0 Å². The van der Waals surface area contributed by atoms with E-state index in [4.69, 9.17) is 0 Å². The van der Waals surface area contributed by atoms with Gasteiger partial charge in [-0.25, -0.2) is 0 Å². The zero-order valence-corrected chi connectivity index (χ0v) is 18.0. The Hall–Kier alpha value is -3.36. The first-order valence-corrected chi connectivity index (χ1v) is 10.8. The molecule has 5 aromatic carbocycles. The molecule has 0 unspecified atom stereocenters. The normalized spacial score (nSPS) is 10.8. The molecule has 0 aliphatic rings. The van der Waals surface area contributed by atoms with Crippen LogP contribution in [0.25, 0.3) is 21.9 Å². The van der Waals surface area contributed by atoms with Gasteiger partial charge in [0.1, 0.15) is 0 Å². The molecule has 0 aromatic heterocycles. The van der Waals surface area contributed by atoms with E-state index in [1.165, 1.54) is 27.6 Å². The predicted molar refractivity (Wildman–Crippen MR) is 132 cm³/mol. The highest BCUT2D eigenvalue weighted by molar-refractivity contribution is 9.10. The fourth-order valence-electron chi connectivity index (χ4n) is 3.89. The van der Waals surface area contributed by atoms with Crippen molar-refractivity contribution in [1.82, 2.24) is 0 Å². The van der Waals surface area contributed by atoms with Crippen LogP contribution >= 0.6 is 15.9 Å². The third kappa shape index (κ3) is 3.51. The van der Waals surface area contributed by atoms with Gasteiger partial charge in [-0.15, -0.1) is 0 Å². The highest BCUT2D eigenvalue weighted by atomic mass is 79.9. The van der Waals surface area contributed by atoms with E-state index in [1.807, 2.05) is 6.07 Å². The second-order valence-electron chi connectivity index (χ2n) is 7.20. The largest absolute Gasteiger partial charge is 0.310 e. The van der Waals surface area contributed by atoms with E-state index in [-0.39, 0.29) is 0 Å². The van der Waals surface area contributed by atoms with Gasteiger partial charge in [-0.05, 0) is 52.9 Å². The summed E-state index contributed by atoms with van der Waals surface area (Å²) >= 11 is 3.67. The molecule has 30 heavy (non-hydrogen) atoms. The first kappa shape index (κ1) is 18.7. The van der Waals surface area contributed by atoms with Crippen LogP contribution in [0.1, 0.15) is 0 Å². The molecule has 0 fully saturated rings. The van der Waals surface area contributed by atoms with Crippen LogP contribution in [0.4, 0.5) is 17.1 Å². The van der Waals surface area contributed by atoms with Crippen molar-refractivity contribution in [3.05, 3.63) is 126 Å². The van der Waals surface area contributed by atoms with Crippen LogP contribution in [0.5, 0.6) is 0 Å². The second kappa shape index (κ2) is 8.17. The van der Waals surface area contributed by atoms with Crippen LogP contribution in [-0.4, -0.2) is 0 Å². The van der Waals surface area contributed by atoms with E-state index in [9.17, 15) is 0 Å². The minimum Gasteiger partial charge on any atom is -0.310 e. The molecular formula is C28H20BrN. The third-order valence-electron chi connectivity index (χ3n) is 5.33. The first-order valence-electron chi connectivity index (χ1n) is 9.99. The van der Waals surface area contributed by atoms with Crippen molar-refractivity contribution in [1.29, 1.82) is 0 Å². The van der Waals surface area contributed by atoms with Gasteiger partial charge in [-0.3, -0.25) is 0 Å². The molecule has 0 bridgehead atoms. The van der Waals surface area contributed by atoms with Crippen molar-refractivity contribution in [3.8, 4) is 11.1 Å². The third-order valence-corrected chi connectivity index (χ3v) is 6.02. The first-order chi connectivity index (χ1) is 14.8. The molecule has 0 atom stereocenters. The monoisotopic (exact) mass is 449 g/mol. The number of anilines is 3. The standard InChI is InChI=1S/C28H20BrN/c29-27-15-7-6-13-25(27)22-17-19-24(20-18-22)30(23-11-2-1-3-12-23)28-16-8-10-21-9-4-5-14-26(21)28/h1-20H. The van der Waals surface area contributed by atoms with Gasteiger partial charge < -0.3 is 4.90 Å². The molecule has 144 valence electrons. The quantitative estimate of drug-likeness (QED) is 0.265. The molecular weight excluding hydrogens is 430 g/mol. The molecule has 0 heterocycles. The molecule has 5 rings (SSSR count). The summed E-state index contributed by atoms with van der Waals surface area (Å²) in [6, 6.07) is 42.7. The van der Waals surface area contributed by atoms with Gasteiger partial charge >= 0.3 is 0 Å². The molecule has 0 N–H and O–H groups in total. The molecule has 0 radical (unpaired) electrons. The van der Waals surface area contributed by atoms with E-state index >= 15 is 0 Å². The van der Waals surface area contributed by atoms with Crippen LogP contribution in [-0.2, 0) is 0 Å². The number of halogens is 1. The summed E-state index contributed by atoms with van der Waals surface area (Å²) in [6.07, 6.45) is 0. The van der Waals surface area contributed by atoms with Crippen LogP contribution in [0, 0.1) is 0 Å². The van der Waals surface area contributed by atoms with Gasteiger partial charge in [0.05, 0.1) is 5.69 Å². The van der Waals surface area contributed by atoms with Crippen molar-refractivity contribution >= 4 is 43.8 Å². The lowest BCUT2D eigenvalue weighted by molar-refractivity contribution is 1.30. The van der Waals surface area contributed by atoms with Crippen molar-refractivity contribution in [2.45, 2.75) is 0 Å². The van der Waals surface area contributed by atoms with Gasteiger partial charge in [0.2, 0.25) is 0 Å². The Morgan fingerprint density at radius 1 is 0.500 bits per heavy atom. The van der Waals surface area contributed by atoms with Crippen molar-refractivity contribution < 1.29 is 0 Å². The SMILES string of the molecule is Brc1ccccc1-c1ccc(N(c2ccccc2)c2cccc3ccccc23)cc1. The zero-order valence-electron chi connectivity index (χ0n) is 16.4. The summed E-state index contributed by atoms with van der Waals surface area (Å²) < 4.78 is 1.10. The Kier molecular flexibility index (Phi) is 5.08. The van der Waals surface area contributed by atoms with E-state index < -0.39 is 0 Å². The summed E-state index contributed by atoms with van der Waals surface area (Å²) in [6.45, 7) is 0.